The van der Waals surface area contributed by atoms with E-state index in [0.29, 0.717) is 6.61 Å². The van der Waals surface area contributed by atoms with Gasteiger partial charge in [-0.25, -0.2) is 4.79 Å². The van der Waals surface area contributed by atoms with Crippen LogP contribution in [0.1, 0.15) is 12.5 Å². The molecule has 0 aromatic heterocycles. The van der Waals surface area contributed by atoms with Crippen molar-refractivity contribution < 1.29 is 14.6 Å². The first-order chi connectivity index (χ1) is 8.08. The molecule has 2 N–H and O–H groups in total. The summed E-state index contributed by atoms with van der Waals surface area (Å²) >= 11 is 0. The Bertz CT molecular complexity index is 384. The molecule has 0 fully saturated rings. The molecule has 0 aliphatic carbocycles. The van der Waals surface area contributed by atoms with Crippen molar-refractivity contribution >= 4 is 5.97 Å². The van der Waals surface area contributed by atoms with Crippen molar-refractivity contribution in [3.63, 3.8) is 0 Å². The highest BCUT2D eigenvalue weighted by Gasteiger charge is 2.00. The normalized spacial score (nSPS) is 12.4. The zero-order valence-electron chi connectivity index (χ0n) is 10.0. The van der Waals surface area contributed by atoms with E-state index in [2.05, 4.69) is 5.32 Å². The molecule has 1 aromatic rings. The summed E-state index contributed by atoms with van der Waals surface area (Å²) in [5.41, 5.74) is 1.19. The molecule has 0 saturated carbocycles. The number of hydrogen-bond acceptors (Lipinski definition) is 3. The lowest BCUT2D eigenvalue weighted by atomic mass is 10.2. The molecule has 0 aliphatic rings. The second-order valence-corrected chi connectivity index (χ2v) is 3.86. The average Bonchev–Trinajstić information content (AvgIpc) is 2.28. The number of benzene rings is 1. The number of carboxylic acids is 1. The predicted octanol–water partition coefficient (Wildman–Crippen LogP) is 1.95. The molecule has 0 saturated heterocycles. The van der Waals surface area contributed by atoms with Crippen LogP contribution in [0, 0.1) is 6.92 Å². The predicted molar refractivity (Wildman–Crippen MR) is 66.0 cm³/mol. The Labute approximate surface area is 101 Å². The highest BCUT2D eigenvalue weighted by molar-refractivity contribution is 5.79. The van der Waals surface area contributed by atoms with Gasteiger partial charge in [-0.1, -0.05) is 17.7 Å². The molecular weight excluding hydrogens is 218 g/mol. The van der Waals surface area contributed by atoms with Crippen LogP contribution in [0.5, 0.6) is 5.75 Å². The van der Waals surface area contributed by atoms with E-state index in [9.17, 15) is 4.79 Å². The summed E-state index contributed by atoms with van der Waals surface area (Å²) in [5.74, 6) is -0.157. The van der Waals surface area contributed by atoms with Crippen molar-refractivity contribution in [1.82, 2.24) is 5.32 Å². The van der Waals surface area contributed by atoms with Crippen molar-refractivity contribution in [1.29, 1.82) is 0 Å². The van der Waals surface area contributed by atoms with Gasteiger partial charge in [-0.05, 0) is 26.0 Å². The first-order valence-corrected chi connectivity index (χ1v) is 5.43. The number of aliphatic carboxylic acids is 1. The van der Waals surface area contributed by atoms with Gasteiger partial charge in [-0.3, -0.25) is 0 Å². The average molecular weight is 235 g/mol. The summed E-state index contributed by atoms with van der Waals surface area (Å²) < 4.78 is 5.54. The van der Waals surface area contributed by atoms with Gasteiger partial charge in [0.05, 0.1) is 6.04 Å². The fourth-order valence-electron chi connectivity index (χ4n) is 1.19. The quantitative estimate of drug-likeness (QED) is 0.740. The first kappa shape index (κ1) is 13.1. The van der Waals surface area contributed by atoms with E-state index >= 15 is 0 Å². The van der Waals surface area contributed by atoms with Gasteiger partial charge in [-0.2, -0.15) is 0 Å². The summed E-state index contributed by atoms with van der Waals surface area (Å²) in [5, 5.41) is 11.3. The topological polar surface area (TPSA) is 58.6 Å². The second kappa shape index (κ2) is 6.58. The zero-order chi connectivity index (χ0) is 12.7. The van der Waals surface area contributed by atoms with Crippen LogP contribution in [0.25, 0.3) is 0 Å². The number of nitrogens with one attached hydrogen (secondary N) is 1. The van der Waals surface area contributed by atoms with Crippen LogP contribution in [-0.2, 0) is 4.79 Å². The second-order valence-electron chi connectivity index (χ2n) is 3.86. The number of aryl methyl sites for hydroxylation is 1. The molecule has 1 atom stereocenters. The first-order valence-electron chi connectivity index (χ1n) is 5.43. The smallest absolute Gasteiger partial charge is 0.329 e. The van der Waals surface area contributed by atoms with Gasteiger partial charge in [0.1, 0.15) is 12.4 Å². The molecule has 0 aliphatic heterocycles. The molecule has 0 amide bonds. The molecule has 92 valence electrons. The molecule has 1 rings (SSSR count). The zero-order valence-corrected chi connectivity index (χ0v) is 10.0. The van der Waals surface area contributed by atoms with Gasteiger partial charge < -0.3 is 15.2 Å². The Morgan fingerprint density at radius 1 is 1.47 bits per heavy atom. The van der Waals surface area contributed by atoms with Crippen molar-refractivity contribution in [2.75, 3.05) is 6.61 Å². The van der Waals surface area contributed by atoms with Crippen LogP contribution in [0.15, 0.2) is 36.5 Å². The standard InChI is InChI=1S/C13H17NO3/c1-10-3-5-12(6-4-10)17-9-11(2)14-8-7-13(15)16/h3-8,11,14H,9H2,1-2H3,(H,15,16)/b8-7+. The minimum absolute atomic E-state index is 0.0481. The molecule has 1 aromatic carbocycles. The third-order valence-electron chi connectivity index (χ3n) is 2.13. The lowest BCUT2D eigenvalue weighted by molar-refractivity contribution is -0.131. The lowest BCUT2D eigenvalue weighted by Crippen LogP contribution is -2.27. The van der Waals surface area contributed by atoms with E-state index in [1.165, 1.54) is 11.8 Å². The molecule has 0 bridgehead atoms. The maximum atomic E-state index is 10.2. The number of carboxylic acid groups (broad SMARTS) is 1. The lowest BCUT2D eigenvalue weighted by Gasteiger charge is -2.13. The van der Waals surface area contributed by atoms with Gasteiger partial charge in [-0.15, -0.1) is 0 Å². The van der Waals surface area contributed by atoms with Gasteiger partial charge in [0.25, 0.3) is 0 Å². The van der Waals surface area contributed by atoms with Crippen LogP contribution in [0.2, 0.25) is 0 Å². The minimum atomic E-state index is -0.968. The van der Waals surface area contributed by atoms with Gasteiger partial charge in [0.15, 0.2) is 0 Å². The monoisotopic (exact) mass is 235 g/mol. The molecule has 0 spiro atoms. The Balaban J connectivity index is 2.30. The van der Waals surface area contributed by atoms with E-state index < -0.39 is 5.97 Å². The molecule has 1 unspecified atom stereocenters. The summed E-state index contributed by atoms with van der Waals surface area (Å²) in [4.78, 5) is 10.2. The van der Waals surface area contributed by atoms with Crippen molar-refractivity contribution in [2.24, 2.45) is 0 Å². The van der Waals surface area contributed by atoms with Crippen LogP contribution in [-0.4, -0.2) is 23.7 Å². The summed E-state index contributed by atoms with van der Waals surface area (Å²) in [6.45, 7) is 4.41. The highest BCUT2D eigenvalue weighted by Crippen LogP contribution is 2.11. The van der Waals surface area contributed by atoms with Gasteiger partial charge in [0.2, 0.25) is 0 Å². The van der Waals surface area contributed by atoms with Crippen molar-refractivity contribution in [3.05, 3.63) is 42.1 Å². The molecule has 4 heteroatoms. The third kappa shape index (κ3) is 5.61. The van der Waals surface area contributed by atoms with E-state index in [4.69, 9.17) is 9.84 Å². The maximum absolute atomic E-state index is 10.2. The Morgan fingerprint density at radius 3 is 2.71 bits per heavy atom. The van der Waals surface area contributed by atoms with Crippen LogP contribution in [0.4, 0.5) is 0 Å². The molecule has 17 heavy (non-hydrogen) atoms. The van der Waals surface area contributed by atoms with Crippen LogP contribution < -0.4 is 10.1 Å². The van der Waals surface area contributed by atoms with Gasteiger partial charge >= 0.3 is 5.97 Å². The number of rotatable bonds is 6. The molecular formula is C13H17NO3. The summed E-state index contributed by atoms with van der Waals surface area (Å²) in [7, 11) is 0. The maximum Gasteiger partial charge on any atom is 0.329 e. The van der Waals surface area contributed by atoms with E-state index in [1.54, 1.807) is 0 Å². The summed E-state index contributed by atoms with van der Waals surface area (Å²) in [6.07, 6.45) is 2.47. The third-order valence-corrected chi connectivity index (χ3v) is 2.13. The van der Waals surface area contributed by atoms with Crippen LogP contribution >= 0.6 is 0 Å². The number of carbonyl (C=O) groups is 1. The van der Waals surface area contributed by atoms with E-state index in [-0.39, 0.29) is 6.04 Å². The fourth-order valence-corrected chi connectivity index (χ4v) is 1.19. The van der Waals surface area contributed by atoms with Gasteiger partial charge in [0, 0.05) is 12.3 Å². The largest absolute Gasteiger partial charge is 0.491 e. The van der Waals surface area contributed by atoms with E-state index in [1.807, 2.05) is 38.1 Å². The Kier molecular flexibility index (Phi) is 5.07. The fraction of sp³-hybridized carbons (Fsp3) is 0.308. The molecule has 4 nitrogen and oxygen atoms in total. The minimum Gasteiger partial charge on any atom is -0.491 e. The molecule has 0 radical (unpaired) electrons. The highest BCUT2D eigenvalue weighted by atomic mass is 16.5. The van der Waals surface area contributed by atoms with Crippen molar-refractivity contribution in [3.8, 4) is 5.75 Å². The Morgan fingerprint density at radius 2 is 2.12 bits per heavy atom. The van der Waals surface area contributed by atoms with Crippen molar-refractivity contribution in [2.45, 2.75) is 19.9 Å². The number of hydrogen-bond donors (Lipinski definition) is 2. The number of ether oxygens (including phenoxy) is 1. The summed E-state index contributed by atoms with van der Waals surface area (Å²) in [6, 6.07) is 7.84. The molecule has 0 heterocycles. The SMILES string of the molecule is Cc1ccc(OCC(C)N/C=C/C(=O)O)cc1. The van der Waals surface area contributed by atoms with E-state index in [0.717, 1.165) is 11.8 Å². The van der Waals surface area contributed by atoms with Crippen LogP contribution in [0.3, 0.4) is 0 Å². The Hall–Kier alpha value is -1.97.